The van der Waals surface area contributed by atoms with Crippen molar-refractivity contribution in [2.24, 2.45) is 5.73 Å². The maximum absolute atomic E-state index is 11.9. The van der Waals surface area contributed by atoms with E-state index in [1.807, 2.05) is 6.07 Å². The second-order valence-electron chi connectivity index (χ2n) is 4.85. The molecule has 21 heavy (non-hydrogen) atoms. The highest BCUT2D eigenvalue weighted by atomic mass is 32.2. The van der Waals surface area contributed by atoms with Crippen LogP contribution < -0.4 is 16.0 Å². The first-order valence-corrected chi connectivity index (χ1v) is 7.50. The number of benzene rings is 1. The van der Waals surface area contributed by atoms with Gasteiger partial charge in [0.05, 0.1) is 18.0 Å². The molecule has 0 aromatic heterocycles. The zero-order valence-corrected chi connectivity index (χ0v) is 11.9. The van der Waals surface area contributed by atoms with Crippen LogP contribution in [0.3, 0.4) is 0 Å². The van der Waals surface area contributed by atoms with Crippen molar-refractivity contribution in [2.75, 3.05) is 29.1 Å². The molecule has 2 atom stereocenters. The first-order chi connectivity index (χ1) is 10.1. The van der Waals surface area contributed by atoms with Gasteiger partial charge in [0.25, 0.3) is 0 Å². The number of ether oxygens (including phenoxy) is 1. The summed E-state index contributed by atoms with van der Waals surface area (Å²) >= 11 is 1.45. The number of hydrogen-bond acceptors (Lipinski definition) is 6. The fourth-order valence-corrected chi connectivity index (χ4v) is 3.08. The van der Waals surface area contributed by atoms with Crippen LogP contribution in [0.15, 0.2) is 23.1 Å². The Balaban J connectivity index is 1.83. The van der Waals surface area contributed by atoms with Gasteiger partial charge in [-0.2, -0.15) is 0 Å². The van der Waals surface area contributed by atoms with Crippen LogP contribution in [0.25, 0.3) is 0 Å². The number of fused-ring (bicyclic) bond motifs is 1. The van der Waals surface area contributed by atoms with E-state index in [0.717, 1.165) is 4.90 Å². The standard InChI is InChI=1S/C13H15N3O4S/c14-4-9(17)10-5-16(13(19)20-10)7-1-2-11-8(3-7)15-12(18)6-21-11/h1-3,9-10,17H,4-6,14H2,(H,15,18)/t9-,10?/m0/s1. The number of nitrogens with two attached hydrogens (primary N) is 1. The highest BCUT2D eigenvalue weighted by Crippen LogP contribution is 2.35. The molecule has 3 rings (SSSR count). The molecule has 1 unspecified atom stereocenters. The molecule has 2 amide bonds. The van der Waals surface area contributed by atoms with E-state index < -0.39 is 18.3 Å². The van der Waals surface area contributed by atoms with Gasteiger partial charge in [0.2, 0.25) is 5.91 Å². The molecule has 1 aromatic carbocycles. The molecule has 8 heteroatoms. The van der Waals surface area contributed by atoms with Crippen LogP contribution in [0.1, 0.15) is 0 Å². The van der Waals surface area contributed by atoms with Gasteiger partial charge in [-0.15, -0.1) is 11.8 Å². The predicted octanol–water partition coefficient (Wildman–Crippen LogP) is 0.376. The number of aliphatic hydroxyl groups is 1. The summed E-state index contributed by atoms with van der Waals surface area (Å²) in [5.41, 5.74) is 6.68. The Bertz CT molecular complexity index is 595. The Labute approximate surface area is 125 Å². The number of amides is 2. The Morgan fingerprint density at radius 1 is 1.52 bits per heavy atom. The molecular weight excluding hydrogens is 294 g/mol. The lowest BCUT2D eigenvalue weighted by molar-refractivity contribution is -0.113. The molecule has 1 saturated heterocycles. The smallest absolute Gasteiger partial charge is 0.414 e. The van der Waals surface area contributed by atoms with E-state index >= 15 is 0 Å². The molecule has 1 aromatic rings. The van der Waals surface area contributed by atoms with Crippen molar-refractivity contribution in [1.29, 1.82) is 0 Å². The average Bonchev–Trinajstić information content (AvgIpc) is 2.87. The molecule has 0 bridgehead atoms. The monoisotopic (exact) mass is 309 g/mol. The van der Waals surface area contributed by atoms with Crippen molar-refractivity contribution in [1.82, 2.24) is 0 Å². The van der Waals surface area contributed by atoms with Gasteiger partial charge in [-0.1, -0.05) is 0 Å². The second-order valence-corrected chi connectivity index (χ2v) is 5.87. The maximum Gasteiger partial charge on any atom is 0.414 e. The summed E-state index contributed by atoms with van der Waals surface area (Å²) in [6.07, 6.45) is -2.04. The van der Waals surface area contributed by atoms with Gasteiger partial charge in [0.15, 0.2) is 0 Å². The number of carbonyl (C=O) groups excluding carboxylic acids is 2. The molecule has 7 nitrogen and oxygen atoms in total. The van der Waals surface area contributed by atoms with E-state index in [4.69, 9.17) is 10.5 Å². The fraction of sp³-hybridized carbons (Fsp3) is 0.385. The van der Waals surface area contributed by atoms with Crippen molar-refractivity contribution in [2.45, 2.75) is 17.1 Å². The summed E-state index contributed by atoms with van der Waals surface area (Å²) in [6.45, 7) is 0.264. The molecule has 0 saturated carbocycles. The average molecular weight is 309 g/mol. The summed E-state index contributed by atoms with van der Waals surface area (Å²) in [4.78, 5) is 25.7. The predicted molar refractivity (Wildman–Crippen MR) is 78.5 cm³/mol. The summed E-state index contributed by atoms with van der Waals surface area (Å²) in [5.74, 6) is 0.327. The van der Waals surface area contributed by atoms with Crippen molar-refractivity contribution in [3.63, 3.8) is 0 Å². The molecule has 2 aliphatic heterocycles. The minimum absolute atomic E-state index is 0.0304. The summed E-state index contributed by atoms with van der Waals surface area (Å²) in [7, 11) is 0. The van der Waals surface area contributed by atoms with Crippen molar-refractivity contribution in [3.05, 3.63) is 18.2 Å². The van der Waals surface area contributed by atoms with Gasteiger partial charge < -0.3 is 20.9 Å². The fourth-order valence-electron chi connectivity index (χ4n) is 2.29. The maximum atomic E-state index is 11.9. The SMILES string of the molecule is NC[C@H](O)C1CN(c2ccc3c(c2)NC(=O)CS3)C(=O)O1. The number of carbonyl (C=O) groups is 2. The van der Waals surface area contributed by atoms with Crippen LogP contribution in [-0.4, -0.2) is 48.2 Å². The van der Waals surface area contributed by atoms with Crippen LogP contribution >= 0.6 is 11.8 Å². The number of rotatable bonds is 3. The van der Waals surface area contributed by atoms with Crippen molar-refractivity contribution >= 4 is 35.1 Å². The molecule has 112 valence electrons. The molecule has 2 aliphatic rings. The second kappa shape index (κ2) is 5.55. The van der Waals surface area contributed by atoms with Crippen molar-refractivity contribution < 1.29 is 19.4 Å². The Kier molecular flexibility index (Phi) is 3.75. The molecule has 0 radical (unpaired) electrons. The lowest BCUT2D eigenvalue weighted by atomic mass is 10.2. The number of aliphatic hydroxyl groups excluding tert-OH is 1. The summed E-state index contributed by atoms with van der Waals surface area (Å²) in [5, 5.41) is 12.5. The molecule has 1 fully saturated rings. The Morgan fingerprint density at radius 2 is 2.33 bits per heavy atom. The molecule has 0 spiro atoms. The summed E-state index contributed by atoms with van der Waals surface area (Å²) < 4.78 is 5.11. The molecule has 4 N–H and O–H groups in total. The number of cyclic esters (lactones) is 1. The number of anilines is 2. The van der Waals surface area contributed by atoms with Crippen LogP contribution in [0.4, 0.5) is 16.2 Å². The van der Waals surface area contributed by atoms with E-state index in [-0.39, 0.29) is 19.0 Å². The third-order valence-corrected chi connectivity index (χ3v) is 4.49. The lowest BCUT2D eigenvalue weighted by Gasteiger charge is -2.20. The van der Waals surface area contributed by atoms with Gasteiger partial charge >= 0.3 is 6.09 Å². The van der Waals surface area contributed by atoms with Crippen LogP contribution in [0.2, 0.25) is 0 Å². The Hall–Kier alpha value is -1.77. The van der Waals surface area contributed by atoms with Gasteiger partial charge in [0, 0.05) is 17.1 Å². The Morgan fingerprint density at radius 3 is 3.10 bits per heavy atom. The normalized spacial score (nSPS) is 22.6. The van der Waals surface area contributed by atoms with Crippen molar-refractivity contribution in [3.8, 4) is 0 Å². The number of nitrogens with zero attached hydrogens (tertiary/aromatic N) is 1. The highest BCUT2D eigenvalue weighted by molar-refractivity contribution is 8.00. The quantitative estimate of drug-likeness (QED) is 0.745. The first-order valence-electron chi connectivity index (χ1n) is 6.51. The third-order valence-electron chi connectivity index (χ3n) is 3.41. The van der Waals surface area contributed by atoms with E-state index in [9.17, 15) is 14.7 Å². The molecule has 2 heterocycles. The van der Waals surface area contributed by atoms with E-state index in [1.54, 1.807) is 12.1 Å². The first kappa shape index (κ1) is 14.2. The van der Waals surface area contributed by atoms with E-state index in [0.29, 0.717) is 17.1 Å². The number of thioether (sulfide) groups is 1. The topological polar surface area (TPSA) is 105 Å². The van der Waals surface area contributed by atoms with Crippen LogP contribution in [0.5, 0.6) is 0 Å². The van der Waals surface area contributed by atoms with Gasteiger partial charge in [-0.25, -0.2) is 4.79 Å². The summed E-state index contributed by atoms with van der Waals surface area (Å²) in [6, 6.07) is 5.38. The van der Waals surface area contributed by atoms with Gasteiger partial charge in [-0.3, -0.25) is 9.69 Å². The largest absolute Gasteiger partial charge is 0.441 e. The third kappa shape index (κ3) is 2.69. The van der Waals surface area contributed by atoms with Gasteiger partial charge in [0.1, 0.15) is 12.2 Å². The lowest BCUT2D eigenvalue weighted by Crippen LogP contribution is -2.36. The van der Waals surface area contributed by atoms with Crippen LogP contribution in [0, 0.1) is 0 Å². The van der Waals surface area contributed by atoms with Gasteiger partial charge in [-0.05, 0) is 18.2 Å². The zero-order valence-electron chi connectivity index (χ0n) is 11.1. The number of hydrogen-bond donors (Lipinski definition) is 3. The van der Waals surface area contributed by atoms with E-state index in [2.05, 4.69) is 5.32 Å². The minimum atomic E-state index is -0.883. The van der Waals surface area contributed by atoms with E-state index in [1.165, 1.54) is 16.7 Å². The minimum Gasteiger partial charge on any atom is -0.441 e. The number of nitrogens with one attached hydrogen (secondary N) is 1. The zero-order chi connectivity index (χ0) is 15.0. The molecule has 0 aliphatic carbocycles. The highest BCUT2D eigenvalue weighted by Gasteiger charge is 2.36. The van der Waals surface area contributed by atoms with Crippen LogP contribution in [-0.2, 0) is 9.53 Å². The molecular formula is C13H15N3O4S.